The van der Waals surface area contributed by atoms with Crippen LogP contribution in [0.1, 0.15) is 35.7 Å². The highest BCUT2D eigenvalue weighted by Crippen LogP contribution is 2.35. The number of benzene rings is 1. The molecule has 0 unspecified atom stereocenters. The van der Waals surface area contributed by atoms with E-state index in [0.29, 0.717) is 19.0 Å². The van der Waals surface area contributed by atoms with Crippen LogP contribution < -0.4 is 10.6 Å². The molecular formula is C14H17F3N2O. The van der Waals surface area contributed by atoms with Crippen molar-refractivity contribution < 1.29 is 18.0 Å². The first-order valence-corrected chi connectivity index (χ1v) is 6.65. The van der Waals surface area contributed by atoms with Crippen LogP contribution in [0.25, 0.3) is 0 Å². The van der Waals surface area contributed by atoms with E-state index < -0.39 is 17.6 Å². The van der Waals surface area contributed by atoms with Crippen molar-refractivity contribution >= 4 is 11.6 Å². The molecule has 0 aromatic heterocycles. The fraction of sp³-hybridized carbons (Fsp3) is 0.500. The van der Waals surface area contributed by atoms with E-state index in [9.17, 15) is 18.0 Å². The molecule has 0 aliphatic heterocycles. The minimum absolute atomic E-state index is 0.00116. The predicted molar refractivity (Wildman–Crippen MR) is 70.7 cm³/mol. The second-order valence-corrected chi connectivity index (χ2v) is 4.94. The van der Waals surface area contributed by atoms with Crippen molar-refractivity contribution in [3.8, 4) is 0 Å². The monoisotopic (exact) mass is 286 g/mol. The molecule has 6 heteroatoms. The lowest BCUT2D eigenvalue weighted by Crippen LogP contribution is -2.26. The Balaban J connectivity index is 2.18. The van der Waals surface area contributed by atoms with E-state index in [4.69, 9.17) is 0 Å². The van der Waals surface area contributed by atoms with Crippen molar-refractivity contribution in [3.05, 3.63) is 29.3 Å². The predicted octanol–water partition coefficient (Wildman–Crippen LogP) is 3.28. The van der Waals surface area contributed by atoms with Gasteiger partial charge in [-0.3, -0.25) is 4.79 Å². The lowest BCUT2D eigenvalue weighted by molar-refractivity contribution is -0.137. The molecule has 110 valence electrons. The number of nitrogens with one attached hydrogen (secondary N) is 2. The van der Waals surface area contributed by atoms with Crippen LogP contribution in [0.4, 0.5) is 18.9 Å². The first-order valence-electron chi connectivity index (χ1n) is 6.65. The maximum atomic E-state index is 13.0. The summed E-state index contributed by atoms with van der Waals surface area (Å²) in [6, 6.07) is 3.62. The van der Waals surface area contributed by atoms with E-state index in [1.54, 1.807) is 6.92 Å². The van der Waals surface area contributed by atoms with E-state index in [-0.39, 0.29) is 11.3 Å². The molecule has 1 aromatic rings. The van der Waals surface area contributed by atoms with E-state index in [2.05, 4.69) is 10.6 Å². The van der Waals surface area contributed by atoms with Gasteiger partial charge < -0.3 is 10.6 Å². The summed E-state index contributed by atoms with van der Waals surface area (Å²) < 4.78 is 38.9. The second kappa shape index (κ2) is 5.73. The van der Waals surface area contributed by atoms with Gasteiger partial charge in [0.05, 0.1) is 5.56 Å². The SMILES string of the molecule is CCNc1ccc(C(=O)NCC2CC2)cc1C(F)(F)F. The van der Waals surface area contributed by atoms with Crippen molar-refractivity contribution in [2.45, 2.75) is 25.9 Å². The Hall–Kier alpha value is -1.72. The van der Waals surface area contributed by atoms with E-state index in [1.807, 2.05) is 0 Å². The molecule has 1 aliphatic rings. The molecule has 2 rings (SSSR count). The Kier molecular flexibility index (Phi) is 4.20. The molecule has 0 saturated heterocycles. The smallest absolute Gasteiger partial charge is 0.385 e. The van der Waals surface area contributed by atoms with Crippen LogP contribution in [0.3, 0.4) is 0 Å². The van der Waals surface area contributed by atoms with Gasteiger partial charge in [0.1, 0.15) is 0 Å². The van der Waals surface area contributed by atoms with Gasteiger partial charge in [-0.1, -0.05) is 0 Å². The topological polar surface area (TPSA) is 41.1 Å². The third-order valence-electron chi connectivity index (χ3n) is 3.20. The van der Waals surface area contributed by atoms with Gasteiger partial charge in [-0.15, -0.1) is 0 Å². The average Bonchev–Trinajstić information content (AvgIpc) is 3.19. The van der Waals surface area contributed by atoms with Crippen molar-refractivity contribution in [2.75, 3.05) is 18.4 Å². The minimum Gasteiger partial charge on any atom is -0.385 e. The van der Waals surface area contributed by atoms with Gasteiger partial charge in [0.15, 0.2) is 0 Å². The molecule has 0 atom stereocenters. The molecule has 0 radical (unpaired) electrons. The fourth-order valence-corrected chi connectivity index (χ4v) is 1.93. The van der Waals surface area contributed by atoms with E-state index >= 15 is 0 Å². The molecule has 0 spiro atoms. The lowest BCUT2D eigenvalue weighted by atomic mass is 10.1. The minimum atomic E-state index is -4.48. The lowest BCUT2D eigenvalue weighted by Gasteiger charge is -2.15. The summed E-state index contributed by atoms with van der Waals surface area (Å²) in [7, 11) is 0. The van der Waals surface area contributed by atoms with Gasteiger partial charge in [0.2, 0.25) is 0 Å². The zero-order chi connectivity index (χ0) is 14.8. The van der Waals surface area contributed by atoms with Gasteiger partial charge in [0.25, 0.3) is 5.91 Å². The van der Waals surface area contributed by atoms with Crippen molar-refractivity contribution in [1.29, 1.82) is 0 Å². The summed E-state index contributed by atoms with van der Waals surface area (Å²) in [5.41, 5.74) is -0.767. The number of anilines is 1. The van der Waals surface area contributed by atoms with Crippen LogP contribution in [-0.4, -0.2) is 19.0 Å². The first-order chi connectivity index (χ1) is 9.41. The number of halogens is 3. The number of hydrogen-bond acceptors (Lipinski definition) is 2. The molecule has 0 bridgehead atoms. The highest BCUT2D eigenvalue weighted by Gasteiger charge is 2.34. The number of alkyl halides is 3. The molecule has 1 saturated carbocycles. The maximum absolute atomic E-state index is 13.0. The van der Waals surface area contributed by atoms with Crippen LogP contribution in [-0.2, 0) is 6.18 Å². The Labute approximate surface area is 115 Å². The largest absolute Gasteiger partial charge is 0.418 e. The van der Waals surface area contributed by atoms with Crippen LogP contribution >= 0.6 is 0 Å². The maximum Gasteiger partial charge on any atom is 0.418 e. The molecule has 1 aliphatic carbocycles. The number of amides is 1. The molecule has 1 amide bonds. The summed E-state index contributed by atoms with van der Waals surface area (Å²) in [6.07, 6.45) is -2.33. The molecule has 1 aromatic carbocycles. The molecular weight excluding hydrogens is 269 g/mol. The number of carbonyl (C=O) groups is 1. The number of carbonyl (C=O) groups excluding carboxylic acids is 1. The number of rotatable bonds is 5. The van der Waals surface area contributed by atoms with Crippen molar-refractivity contribution in [3.63, 3.8) is 0 Å². The fourth-order valence-electron chi connectivity index (χ4n) is 1.93. The van der Waals surface area contributed by atoms with Crippen LogP contribution in [0, 0.1) is 5.92 Å². The average molecular weight is 286 g/mol. The summed E-state index contributed by atoms with van der Waals surface area (Å²) >= 11 is 0. The van der Waals surface area contributed by atoms with Crippen LogP contribution in [0.5, 0.6) is 0 Å². The molecule has 3 nitrogen and oxygen atoms in total. The van der Waals surface area contributed by atoms with Crippen molar-refractivity contribution in [1.82, 2.24) is 5.32 Å². The standard InChI is InChI=1S/C14H17F3N2O/c1-2-18-12-6-5-10(7-11(12)14(15,16)17)13(20)19-8-9-3-4-9/h5-7,9,18H,2-4,8H2,1H3,(H,19,20). The zero-order valence-corrected chi connectivity index (χ0v) is 11.2. The van der Waals surface area contributed by atoms with E-state index in [0.717, 1.165) is 18.9 Å². The third-order valence-corrected chi connectivity index (χ3v) is 3.20. The van der Waals surface area contributed by atoms with Crippen LogP contribution in [0.15, 0.2) is 18.2 Å². The molecule has 0 heterocycles. The normalized spacial score (nSPS) is 15.0. The molecule has 1 fully saturated rings. The van der Waals surface area contributed by atoms with Crippen molar-refractivity contribution in [2.24, 2.45) is 5.92 Å². The summed E-state index contributed by atoms with van der Waals surface area (Å²) in [6.45, 7) is 2.64. The summed E-state index contributed by atoms with van der Waals surface area (Å²) in [5, 5.41) is 5.32. The molecule has 20 heavy (non-hydrogen) atoms. The van der Waals surface area contributed by atoms with Gasteiger partial charge in [-0.2, -0.15) is 13.2 Å². The molecule has 2 N–H and O–H groups in total. The second-order valence-electron chi connectivity index (χ2n) is 4.94. The Morgan fingerprint density at radius 2 is 2.05 bits per heavy atom. The Morgan fingerprint density at radius 3 is 2.60 bits per heavy atom. The van der Waals surface area contributed by atoms with Crippen LogP contribution in [0.2, 0.25) is 0 Å². The highest BCUT2D eigenvalue weighted by atomic mass is 19.4. The van der Waals surface area contributed by atoms with Gasteiger partial charge in [-0.25, -0.2) is 0 Å². The zero-order valence-electron chi connectivity index (χ0n) is 11.2. The van der Waals surface area contributed by atoms with Gasteiger partial charge >= 0.3 is 6.18 Å². The number of hydrogen-bond donors (Lipinski definition) is 2. The summed E-state index contributed by atoms with van der Waals surface area (Å²) in [5.74, 6) is 0.0347. The third kappa shape index (κ3) is 3.65. The highest BCUT2D eigenvalue weighted by molar-refractivity contribution is 5.95. The summed E-state index contributed by atoms with van der Waals surface area (Å²) in [4.78, 5) is 11.8. The van der Waals surface area contributed by atoms with E-state index in [1.165, 1.54) is 12.1 Å². The Morgan fingerprint density at radius 1 is 1.35 bits per heavy atom. The quantitative estimate of drug-likeness (QED) is 0.872. The Bertz CT molecular complexity index is 496. The first kappa shape index (κ1) is 14.7. The van der Waals surface area contributed by atoms with Gasteiger partial charge in [0, 0.05) is 24.3 Å². The van der Waals surface area contributed by atoms with Gasteiger partial charge in [-0.05, 0) is 43.9 Å².